The quantitative estimate of drug-likeness (QED) is 0.835. The predicted molar refractivity (Wildman–Crippen MR) is 91.0 cm³/mol. The van der Waals surface area contributed by atoms with E-state index in [2.05, 4.69) is 10.3 Å². The van der Waals surface area contributed by atoms with Crippen molar-refractivity contribution in [1.82, 2.24) is 10.3 Å². The Morgan fingerprint density at radius 3 is 2.96 bits per heavy atom. The second-order valence-electron chi connectivity index (χ2n) is 6.42. The fraction of sp³-hybridized carbons (Fsp3) is 0.625. The van der Waals surface area contributed by atoms with Gasteiger partial charge in [-0.15, -0.1) is 0 Å². The molecule has 0 aliphatic carbocycles. The first-order valence-electron chi connectivity index (χ1n) is 8.24. The van der Waals surface area contributed by atoms with Gasteiger partial charge in [-0.05, 0) is 31.4 Å². The van der Waals surface area contributed by atoms with E-state index in [1.165, 1.54) is 0 Å². The molecular weight excluding hydrogens is 330 g/mol. The predicted octanol–water partition coefficient (Wildman–Crippen LogP) is 0.614. The number of pyridine rings is 1. The first kappa shape index (κ1) is 17.2. The van der Waals surface area contributed by atoms with E-state index in [1.807, 2.05) is 11.9 Å². The van der Waals surface area contributed by atoms with Crippen LogP contribution >= 0.6 is 0 Å². The number of ether oxygens (including phenoxy) is 1. The molecule has 0 radical (unpaired) electrons. The van der Waals surface area contributed by atoms with E-state index in [0.29, 0.717) is 24.3 Å². The van der Waals surface area contributed by atoms with Crippen molar-refractivity contribution >= 4 is 21.6 Å². The number of nitrogens with one attached hydrogen (secondary N) is 1. The number of aromatic nitrogens is 1. The molecule has 8 heteroatoms. The summed E-state index contributed by atoms with van der Waals surface area (Å²) in [5.41, 5.74) is 0.519. The highest BCUT2D eigenvalue weighted by Crippen LogP contribution is 2.22. The lowest BCUT2D eigenvalue weighted by molar-refractivity contribution is 0.0857. The molecule has 1 aromatic rings. The molecule has 1 aromatic heterocycles. The molecule has 1 N–H and O–H groups in total. The van der Waals surface area contributed by atoms with Crippen molar-refractivity contribution in [3.05, 3.63) is 23.9 Å². The minimum Gasteiger partial charge on any atom is -0.376 e. The largest absolute Gasteiger partial charge is 0.376 e. The zero-order valence-corrected chi connectivity index (χ0v) is 14.6. The Kier molecular flexibility index (Phi) is 5.05. The molecule has 2 aliphatic heterocycles. The van der Waals surface area contributed by atoms with Crippen LogP contribution in [0.5, 0.6) is 0 Å². The van der Waals surface area contributed by atoms with Crippen molar-refractivity contribution in [2.75, 3.05) is 36.6 Å². The van der Waals surface area contributed by atoms with Crippen LogP contribution in [-0.4, -0.2) is 63.2 Å². The molecular formula is C16H23N3O4S. The van der Waals surface area contributed by atoms with Crippen LogP contribution in [0.3, 0.4) is 0 Å². The number of hydrogen-bond donors (Lipinski definition) is 1. The molecule has 7 nitrogen and oxygen atoms in total. The standard InChI is InChI=1S/C16H23N3O4S/c1-19(13-5-8-24(21,22)11-13)15-9-12(4-6-17-15)16(20)18-10-14-3-2-7-23-14/h4,6,9,13-14H,2-3,5,7-8,10-11H2,1H3,(H,18,20). The van der Waals surface area contributed by atoms with Gasteiger partial charge in [0.15, 0.2) is 9.84 Å². The number of sulfone groups is 1. The van der Waals surface area contributed by atoms with Gasteiger partial charge >= 0.3 is 0 Å². The minimum absolute atomic E-state index is 0.0901. The normalized spacial score (nSPS) is 25.5. The average Bonchev–Trinajstić information content (AvgIpc) is 3.21. The number of carbonyl (C=O) groups excluding carboxylic acids is 1. The van der Waals surface area contributed by atoms with E-state index in [9.17, 15) is 13.2 Å². The highest BCUT2D eigenvalue weighted by Gasteiger charge is 2.31. The Balaban J connectivity index is 1.63. The minimum atomic E-state index is -2.96. The lowest BCUT2D eigenvalue weighted by atomic mass is 10.2. The molecule has 0 bridgehead atoms. The molecule has 1 amide bonds. The van der Waals surface area contributed by atoms with Gasteiger partial charge in [-0.25, -0.2) is 13.4 Å². The van der Waals surface area contributed by atoms with Gasteiger partial charge in [0.05, 0.1) is 17.6 Å². The second-order valence-corrected chi connectivity index (χ2v) is 8.64. The molecule has 3 heterocycles. The summed E-state index contributed by atoms with van der Waals surface area (Å²) in [5, 5.41) is 2.88. The third-order valence-corrected chi connectivity index (χ3v) is 6.39. The molecule has 2 fully saturated rings. The summed E-state index contributed by atoms with van der Waals surface area (Å²) in [6.07, 6.45) is 4.28. The van der Waals surface area contributed by atoms with Crippen molar-refractivity contribution < 1.29 is 17.9 Å². The van der Waals surface area contributed by atoms with Crippen LogP contribution in [0.4, 0.5) is 5.82 Å². The van der Waals surface area contributed by atoms with Gasteiger partial charge in [0.25, 0.3) is 5.91 Å². The molecule has 0 aromatic carbocycles. The molecule has 2 aliphatic rings. The van der Waals surface area contributed by atoms with Gasteiger partial charge in [-0.2, -0.15) is 0 Å². The smallest absolute Gasteiger partial charge is 0.251 e. The van der Waals surface area contributed by atoms with Crippen LogP contribution in [0, 0.1) is 0 Å². The van der Waals surface area contributed by atoms with Crippen molar-refractivity contribution in [3.63, 3.8) is 0 Å². The Labute approximate surface area is 142 Å². The zero-order chi connectivity index (χ0) is 17.2. The molecule has 2 saturated heterocycles. The topological polar surface area (TPSA) is 88.6 Å². The molecule has 0 spiro atoms. The Morgan fingerprint density at radius 2 is 2.29 bits per heavy atom. The monoisotopic (exact) mass is 353 g/mol. The first-order valence-corrected chi connectivity index (χ1v) is 10.1. The SMILES string of the molecule is CN(c1cc(C(=O)NCC2CCCO2)ccn1)C1CCS(=O)(=O)C1. The van der Waals surface area contributed by atoms with Crippen molar-refractivity contribution in [1.29, 1.82) is 0 Å². The lowest BCUT2D eigenvalue weighted by Crippen LogP contribution is -2.34. The van der Waals surface area contributed by atoms with Crippen LogP contribution in [0.2, 0.25) is 0 Å². The Morgan fingerprint density at radius 1 is 1.46 bits per heavy atom. The molecule has 132 valence electrons. The van der Waals surface area contributed by atoms with Crippen LogP contribution in [0.1, 0.15) is 29.6 Å². The summed E-state index contributed by atoms with van der Waals surface area (Å²) in [6, 6.07) is 3.27. The van der Waals surface area contributed by atoms with E-state index < -0.39 is 9.84 Å². The summed E-state index contributed by atoms with van der Waals surface area (Å²) in [4.78, 5) is 18.4. The van der Waals surface area contributed by atoms with E-state index >= 15 is 0 Å². The number of hydrogen-bond acceptors (Lipinski definition) is 6. The van der Waals surface area contributed by atoms with Gasteiger partial charge < -0.3 is 15.0 Å². The number of amides is 1. The van der Waals surface area contributed by atoms with E-state index in [1.54, 1.807) is 18.3 Å². The second kappa shape index (κ2) is 7.06. The fourth-order valence-corrected chi connectivity index (χ4v) is 4.91. The van der Waals surface area contributed by atoms with Crippen molar-refractivity contribution in [2.24, 2.45) is 0 Å². The molecule has 3 rings (SSSR count). The van der Waals surface area contributed by atoms with E-state index in [4.69, 9.17) is 4.74 Å². The molecule has 0 saturated carbocycles. The maximum atomic E-state index is 12.3. The van der Waals surface area contributed by atoms with Gasteiger partial charge in [-0.1, -0.05) is 0 Å². The maximum absolute atomic E-state index is 12.3. The average molecular weight is 353 g/mol. The highest BCUT2D eigenvalue weighted by atomic mass is 32.2. The summed E-state index contributed by atoms with van der Waals surface area (Å²) in [7, 11) is -1.13. The summed E-state index contributed by atoms with van der Waals surface area (Å²) < 4.78 is 28.8. The van der Waals surface area contributed by atoms with Crippen LogP contribution in [-0.2, 0) is 14.6 Å². The lowest BCUT2D eigenvalue weighted by Gasteiger charge is -2.24. The highest BCUT2D eigenvalue weighted by molar-refractivity contribution is 7.91. The third kappa shape index (κ3) is 4.05. The van der Waals surface area contributed by atoms with Gasteiger partial charge in [0.2, 0.25) is 0 Å². The number of nitrogens with zero attached hydrogens (tertiary/aromatic N) is 2. The van der Waals surface area contributed by atoms with Crippen LogP contribution in [0.15, 0.2) is 18.3 Å². The first-order chi connectivity index (χ1) is 11.4. The number of rotatable bonds is 5. The number of carbonyl (C=O) groups is 1. The van der Waals surface area contributed by atoms with E-state index in [-0.39, 0.29) is 29.6 Å². The van der Waals surface area contributed by atoms with Crippen LogP contribution in [0.25, 0.3) is 0 Å². The summed E-state index contributed by atoms with van der Waals surface area (Å²) in [5.74, 6) is 0.799. The maximum Gasteiger partial charge on any atom is 0.251 e. The molecule has 2 atom stereocenters. The van der Waals surface area contributed by atoms with Gasteiger partial charge in [0.1, 0.15) is 5.82 Å². The zero-order valence-electron chi connectivity index (χ0n) is 13.8. The molecule has 24 heavy (non-hydrogen) atoms. The molecule has 2 unspecified atom stereocenters. The summed E-state index contributed by atoms with van der Waals surface area (Å²) in [6.45, 7) is 1.27. The summed E-state index contributed by atoms with van der Waals surface area (Å²) >= 11 is 0. The van der Waals surface area contributed by atoms with Crippen molar-refractivity contribution in [3.8, 4) is 0 Å². The van der Waals surface area contributed by atoms with Gasteiger partial charge in [0, 0.05) is 38.0 Å². The fourth-order valence-electron chi connectivity index (χ4n) is 3.13. The Hall–Kier alpha value is -1.67. The van der Waals surface area contributed by atoms with Crippen LogP contribution < -0.4 is 10.2 Å². The van der Waals surface area contributed by atoms with Gasteiger partial charge in [-0.3, -0.25) is 4.79 Å². The Bertz CT molecular complexity index is 701. The van der Waals surface area contributed by atoms with E-state index in [0.717, 1.165) is 19.4 Å². The third-order valence-electron chi connectivity index (χ3n) is 4.64. The van der Waals surface area contributed by atoms with Crippen molar-refractivity contribution in [2.45, 2.75) is 31.4 Å². The number of anilines is 1.